The predicted molar refractivity (Wildman–Crippen MR) is 60.8 cm³/mol. The van der Waals surface area contributed by atoms with E-state index in [1.165, 1.54) is 0 Å². The fourth-order valence-electron chi connectivity index (χ4n) is 1.03. The summed E-state index contributed by atoms with van der Waals surface area (Å²) in [4.78, 5) is 11.2. The lowest BCUT2D eigenvalue weighted by atomic mass is 10.3. The van der Waals surface area contributed by atoms with E-state index in [1.54, 1.807) is 0 Å². The summed E-state index contributed by atoms with van der Waals surface area (Å²) in [6.07, 6.45) is 4.30. The van der Waals surface area contributed by atoms with Crippen molar-refractivity contribution < 1.29 is 9.53 Å². The topological polar surface area (TPSA) is 38.3 Å². The van der Waals surface area contributed by atoms with E-state index in [0.29, 0.717) is 6.61 Å². The fraction of sp³-hybridized carbons (Fsp3) is 0.250. The third-order valence-corrected chi connectivity index (χ3v) is 1.73. The Morgan fingerprint density at radius 2 is 2.07 bits per heavy atom. The Morgan fingerprint density at radius 3 is 2.73 bits per heavy atom. The van der Waals surface area contributed by atoms with Crippen molar-refractivity contribution in [2.75, 3.05) is 11.9 Å². The van der Waals surface area contributed by atoms with E-state index >= 15 is 0 Å². The highest BCUT2D eigenvalue weighted by atomic mass is 16.5. The van der Waals surface area contributed by atoms with Gasteiger partial charge in [-0.2, -0.15) is 0 Å². The van der Waals surface area contributed by atoms with Crippen LogP contribution >= 0.6 is 0 Å². The van der Waals surface area contributed by atoms with Crippen molar-refractivity contribution in [2.24, 2.45) is 0 Å². The molecule has 0 saturated carbocycles. The van der Waals surface area contributed by atoms with Gasteiger partial charge in [0.15, 0.2) is 0 Å². The number of anilines is 1. The minimum absolute atomic E-state index is 0.312. The molecule has 0 bridgehead atoms. The largest absolute Gasteiger partial charge is 0.445 e. The summed E-state index contributed by atoms with van der Waals surface area (Å²) >= 11 is 0. The SMILES string of the molecule is CC/C=C\COC(=O)Nc1ccccc1. The number of nitrogens with one attached hydrogen (secondary N) is 1. The maximum Gasteiger partial charge on any atom is 0.411 e. The maximum absolute atomic E-state index is 11.2. The molecule has 80 valence electrons. The zero-order valence-corrected chi connectivity index (χ0v) is 8.77. The van der Waals surface area contributed by atoms with E-state index in [9.17, 15) is 4.79 Å². The molecule has 1 N–H and O–H groups in total. The molecule has 0 aromatic heterocycles. The normalized spacial score (nSPS) is 10.2. The van der Waals surface area contributed by atoms with Crippen LogP contribution in [-0.2, 0) is 4.74 Å². The summed E-state index contributed by atoms with van der Waals surface area (Å²) < 4.78 is 4.91. The van der Waals surface area contributed by atoms with Crippen LogP contribution in [0.4, 0.5) is 10.5 Å². The Bertz CT molecular complexity index is 320. The first-order valence-corrected chi connectivity index (χ1v) is 4.96. The second-order valence-corrected chi connectivity index (χ2v) is 2.97. The Morgan fingerprint density at radius 1 is 1.33 bits per heavy atom. The molecule has 0 heterocycles. The van der Waals surface area contributed by atoms with E-state index in [-0.39, 0.29) is 0 Å². The maximum atomic E-state index is 11.2. The van der Waals surface area contributed by atoms with Gasteiger partial charge in [-0.25, -0.2) is 4.79 Å². The van der Waals surface area contributed by atoms with E-state index in [1.807, 2.05) is 49.4 Å². The third kappa shape index (κ3) is 4.86. The van der Waals surface area contributed by atoms with Gasteiger partial charge in [-0.1, -0.05) is 37.3 Å². The van der Waals surface area contributed by atoms with Crippen LogP contribution in [0.25, 0.3) is 0 Å². The van der Waals surface area contributed by atoms with Gasteiger partial charge in [0.2, 0.25) is 0 Å². The number of carbonyl (C=O) groups is 1. The van der Waals surface area contributed by atoms with Crippen LogP contribution in [-0.4, -0.2) is 12.7 Å². The zero-order valence-electron chi connectivity index (χ0n) is 8.77. The monoisotopic (exact) mass is 205 g/mol. The highest BCUT2D eigenvalue weighted by Gasteiger charge is 1.99. The third-order valence-electron chi connectivity index (χ3n) is 1.73. The number of benzene rings is 1. The average Bonchev–Trinajstić information content (AvgIpc) is 2.26. The first-order valence-electron chi connectivity index (χ1n) is 4.96. The van der Waals surface area contributed by atoms with Gasteiger partial charge in [-0.05, 0) is 18.6 Å². The van der Waals surface area contributed by atoms with Gasteiger partial charge in [0.1, 0.15) is 6.61 Å². The molecule has 15 heavy (non-hydrogen) atoms. The van der Waals surface area contributed by atoms with Gasteiger partial charge < -0.3 is 4.74 Å². The molecule has 0 unspecified atom stereocenters. The standard InChI is InChI=1S/C12H15NO2/c1-2-3-7-10-15-12(14)13-11-8-5-4-6-9-11/h3-9H,2,10H2,1H3,(H,13,14)/b7-3-. The van der Waals surface area contributed by atoms with Gasteiger partial charge in [0, 0.05) is 5.69 Å². The smallest absolute Gasteiger partial charge is 0.411 e. The highest BCUT2D eigenvalue weighted by molar-refractivity contribution is 5.84. The lowest BCUT2D eigenvalue weighted by Crippen LogP contribution is -2.13. The summed E-state index contributed by atoms with van der Waals surface area (Å²) in [6.45, 7) is 2.34. The molecule has 1 rings (SSSR count). The number of amides is 1. The molecule has 1 aromatic rings. The number of rotatable bonds is 4. The second kappa shape index (κ2) is 6.65. The van der Waals surface area contributed by atoms with Gasteiger partial charge >= 0.3 is 6.09 Å². The van der Waals surface area contributed by atoms with Crippen LogP contribution in [0.5, 0.6) is 0 Å². The molecule has 0 aliphatic carbocycles. The van der Waals surface area contributed by atoms with Gasteiger partial charge in [-0.15, -0.1) is 0 Å². The van der Waals surface area contributed by atoms with E-state index in [0.717, 1.165) is 12.1 Å². The van der Waals surface area contributed by atoms with Crippen molar-refractivity contribution in [3.05, 3.63) is 42.5 Å². The first kappa shape index (κ1) is 11.3. The van der Waals surface area contributed by atoms with Gasteiger partial charge in [0.25, 0.3) is 0 Å². The molecule has 0 aliphatic heterocycles. The quantitative estimate of drug-likeness (QED) is 0.766. The Balaban J connectivity index is 2.28. The molecular formula is C12H15NO2. The summed E-state index contributed by atoms with van der Waals surface area (Å²) in [5, 5.41) is 2.62. The number of ether oxygens (including phenoxy) is 1. The number of allylic oxidation sites excluding steroid dienone is 1. The summed E-state index contributed by atoms with van der Waals surface area (Å²) in [6, 6.07) is 9.21. The van der Waals surface area contributed by atoms with Crippen LogP contribution in [0.3, 0.4) is 0 Å². The summed E-state index contributed by atoms with van der Waals surface area (Å²) in [5.74, 6) is 0. The summed E-state index contributed by atoms with van der Waals surface area (Å²) in [7, 11) is 0. The molecule has 0 fully saturated rings. The average molecular weight is 205 g/mol. The number of carbonyl (C=O) groups excluding carboxylic acids is 1. The summed E-state index contributed by atoms with van der Waals surface area (Å²) in [5.41, 5.74) is 0.738. The minimum atomic E-state index is -0.429. The van der Waals surface area contributed by atoms with Crippen LogP contribution in [0, 0.1) is 0 Å². The number of hydrogen-bond donors (Lipinski definition) is 1. The zero-order chi connectivity index (χ0) is 10.9. The van der Waals surface area contributed by atoms with Crippen LogP contribution < -0.4 is 5.32 Å². The van der Waals surface area contributed by atoms with E-state index in [2.05, 4.69) is 5.32 Å². The molecule has 0 aliphatic rings. The van der Waals surface area contributed by atoms with E-state index < -0.39 is 6.09 Å². The molecule has 3 heteroatoms. The molecular weight excluding hydrogens is 190 g/mol. The lowest BCUT2D eigenvalue weighted by Gasteiger charge is -2.04. The predicted octanol–water partition coefficient (Wildman–Crippen LogP) is 3.20. The molecule has 0 radical (unpaired) electrons. The molecule has 1 aromatic carbocycles. The van der Waals surface area contributed by atoms with Crippen molar-refractivity contribution in [3.63, 3.8) is 0 Å². The van der Waals surface area contributed by atoms with Gasteiger partial charge in [-0.3, -0.25) is 5.32 Å². The Hall–Kier alpha value is -1.77. The van der Waals surface area contributed by atoms with Gasteiger partial charge in [0.05, 0.1) is 0 Å². The van der Waals surface area contributed by atoms with Crippen molar-refractivity contribution in [2.45, 2.75) is 13.3 Å². The van der Waals surface area contributed by atoms with Crippen molar-refractivity contribution >= 4 is 11.8 Å². The molecule has 0 spiro atoms. The second-order valence-electron chi connectivity index (χ2n) is 2.97. The molecule has 3 nitrogen and oxygen atoms in total. The minimum Gasteiger partial charge on any atom is -0.445 e. The number of para-hydroxylation sites is 1. The van der Waals surface area contributed by atoms with Crippen LogP contribution in [0.1, 0.15) is 13.3 Å². The fourth-order valence-corrected chi connectivity index (χ4v) is 1.03. The van der Waals surface area contributed by atoms with Crippen LogP contribution in [0.15, 0.2) is 42.5 Å². The Labute approximate surface area is 89.8 Å². The highest BCUT2D eigenvalue weighted by Crippen LogP contribution is 2.04. The lowest BCUT2D eigenvalue weighted by molar-refractivity contribution is 0.174. The van der Waals surface area contributed by atoms with Crippen molar-refractivity contribution in [1.29, 1.82) is 0 Å². The molecule has 0 atom stereocenters. The Kier molecular flexibility index (Phi) is 5.01. The van der Waals surface area contributed by atoms with Crippen LogP contribution in [0.2, 0.25) is 0 Å². The van der Waals surface area contributed by atoms with E-state index in [4.69, 9.17) is 4.74 Å². The molecule has 0 saturated heterocycles. The first-order chi connectivity index (χ1) is 7.33. The number of hydrogen-bond acceptors (Lipinski definition) is 2. The van der Waals surface area contributed by atoms with Crippen molar-refractivity contribution in [1.82, 2.24) is 0 Å². The van der Waals surface area contributed by atoms with Crippen molar-refractivity contribution in [3.8, 4) is 0 Å². The molecule has 1 amide bonds.